The van der Waals surface area contributed by atoms with Crippen LogP contribution >= 0.6 is 11.8 Å². The Kier molecular flexibility index (Phi) is 5.33. The summed E-state index contributed by atoms with van der Waals surface area (Å²) in [5.74, 6) is -3.06. The van der Waals surface area contributed by atoms with Crippen molar-refractivity contribution >= 4 is 11.8 Å². The van der Waals surface area contributed by atoms with E-state index in [1.807, 2.05) is 13.8 Å². The first-order valence-electron chi connectivity index (χ1n) is 5.39. The van der Waals surface area contributed by atoms with Crippen molar-refractivity contribution in [3.8, 4) is 0 Å². The van der Waals surface area contributed by atoms with Gasteiger partial charge in [0.2, 0.25) is 0 Å². The number of hydrogen-bond donors (Lipinski definition) is 1. The molecule has 0 amide bonds. The number of hydrogen-bond acceptors (Lipinski definition) is 2. The van der Waals surface area contributed by atoms with E-state index in [0.717, 1.165) is 6.07 Å². The minimum atomic E-state index is -1.41. The Bertz CT molecular complexity index is 382. The van der Waals surface area contributed by atoms with Crippen molar-refractivity contribution in [2.24, 2.45) is 0 Å². The van der Waals surface area contributed by atoms with Crippen molar-refractivity contribution in [2.75, 3.05) is 12.8 Å². The zero-order valence-corrected chi connectivity index (χ0v) is 10.9. The lowest BCUT2D eigenvalue weighted by Crippen LogP contribution is -2.21. The highest BCUT2D eigenvalue weighted by Crippen LogP contribution is 2.25. The molecule has 0 aliphatic carbocycles. The summed E-state index contributed by atoms with van der Waals surface area (Å²) in [5, 5.41) is 3.31. The van der Waals surface area contributed by atoms with Crippen LogP contribution in [0.3, 0.4) is 0 Å². The van der Waals surface area contributed by atoms with Crippen LogP contribution in [0.1, 0.15) is 25.5 Å². The van der Waals surface area contributed by atoms with Crippen molar-refractivity contribution < 1.29 is 13.2 Å². The smallest absolute Gasteiger partial charge is 0.194 e. The Morgan fingerprint density at radius 2 is 1.82 bits per heavy atom. The van der Waals surface area contributed by atoms with Gasteiger partial charge >= 0.3 is 0 Å². The van der Waals surface area contributed by atoms with E-state index in [0.29, 0.717) is 11.0 Å². The molecule has 1 aromatic carbocycles. The molecule has 0 saturated carbocycles. The minimum absolute atomic E-state index is 0.166. The van der Waals surface area contributed by atoms with Gasteiger partial charge in [-0.05, 0) is 18.4 Å². The maximum atomic E-state index is 13.6. The summed E-state index contributed by atoms with van der Waals surface area (Å²) in [6.07, 6.45) is 0. The summed E-state index contributed by atoms with van der Waals surface area (Å²) in [7, 11) is 1.67. The zero-order valence-electron chi connectivity index (χ0n) is 10.1. The summed E-state index contributed by atoms with van der Waals surface area (Å²) < 4.78 is 39.5. The fourth-order valence-electron chi connectivity index (χ4n) is 1.43. The quantitative estimate of drug-likeness (QED) is 0.816. The lowest BCUT2D eigenvalue weighted by molar-refractivity contribution is 0.433. The standard InChI is InChI=1S/C12H16F3NS/c1-7(2)17-6-10(16-3)8-4-5-9(13)12(15)11(8)14/h4-5,7,10,16H,6H2,1-3H3. The van der Waals surface area contributed by atoms with Crippen molar-refractivity contribution in [1.82, 2.24) is 5.32 Å². The van der Waals surface area contributed by atoms with Gasteiger partial charge in [0.05, 0.1) is 0 Å². The molecule has 96 valence electrons. The molecule has 0 heterocycles. The lowest BCUT2D eigenvalue weighted by atomic mass is 10.1. The first kappa shape index (κ1) is 14.4. The molecule has 1 rings (SSSR count). The van der Waals surface area contributed by atoms with E-state index in [2.05, 4.69) is 5.32 Å². The Balaban J connectivity index is 2.92. The largest absolute Gasteiger partial charge is 0.312 e. The maximum Gasteiger partial charge on any atom is 0.194 e. The van der Waals surface area contributed by atoms with Gasteiger partial charge in [-0.3, -0.25) is 0 Å². The van der Waals surface area contributed by atoms with Gasteiger partial charge in [0.15, 0.2) is 17.5 Å². The van der Waals surface area contributed by atoms with Gasteiger partial charge in [0.1, 0.15) is 0 Å². The molecule has 0 aromatic heterocycles. The Morgan fingerprint density at radius 3 is 2.35 bits per heavy atom. The topological polar surface area (TPSA) is 12.0 Å². The lowest BCUT2D eigenvalue weighted by Gasteiger charge is -2.18. The van der Waals surface area contributed by atoms with Gasteiger partial charge < -0.3 is 5.32 Å². The summed E-state index contributed by atoms with van der Waals surface area (Å²) >= 11 is 1.63. The van der Waals surface area contributed by atoms with Gasteiger partial charge in [-0.2, -0.15) is 11.8 Å². The van der Waals surface area contributed by atoms with E-state index in [4.69, 9.17) is 0 Å². The van der Waals surface area contributed by atoms with E-state index in [1.165, 1.54) is 6.07 Å². The van der Waals surface area contributed by atoms with E-state index < -0.39 is 17.5 Å². The third-order valence-electron chi connectivity index (χ3n) is 2.39. The fourth-order valence-corrected chi connectivity index (χ4v) is 2.35. The average Bonchev–Trinajstić information content (AvgIpc) is 2.29. The molecule has 17 heavy (non-hydrogen) atoms. The molecule has 1 nitrogen and oxygen atoms in total. The Labute approximate surface area is 104 Å². The Morgan fingerprint density at radius 1 is 1.18 bits per heavy atom. The highest BCUT2D eigenvalue weighted by molar-refractivity contribution is 7.99. The molecular weight excluding hydrogens is 247 g/mol. The third-order valence-corrected chi connectivity index (χ3v) is 3.58. The minimum Gasteiger partial charge on any atom is -0.312 e. The summed E-state index contributed by atoms with van der Waals surface area (Å²) in [5.41, 5.74) is 0.166. The molecule has 0 aliphatic heterocycles. The van der Waals surface area contributed by atoms with Gasteiger partial charge in [-0.1, -0.05) is 19.9 Å². The molecule has 0 bridgehead atoms. The second-order valence-corrected chi connectivity index (χ2v) is 5.60. The molecule has 5 heteroatoms. The SMILES string of the molecule is CNC(CSC(C)C)c1ccc(F)c(F)c1F. The molecule has 0 spiro atoms. The van der Waals surface area contributed by atoms with Gasteiger partial charge in [-0.25, -0.2) is 13.2 Å². The van der Waals surface area contributed by atoms with Gasteiger partial charge in [-0.15, -0.1) is 0 Å². The van der Waals surface area contributed by atoms with Crippen LogP contribution in [-0.4, -0.2) is 18.1 Å². The first-order valence-corrected chi connectivity index (χ1v) is 6.44. The zero-order chi connectivity index (χ0) is 13.0. The predicted molar refractivity (Wildman–Crippen MR) is 65.7 cm³/mol. The summed E-state index contributed by atoms with van der Waals surface area (Å²) in [6, 6.07) is 1.92. The van der Waals surface area contributed by atoms with Crippen molar-refractivity contribution in [3.05, 3.63) is 35.1 Å². The highest BCUT2D eigenvalue weighted by Gasteiger charge is 2.19. The second kappa shape index (κ2) is 6.31. The second-order valence-electron chi connectivity index (χ2n) is 3.99. The molecule has 1 atom stereocenters. The maximum absolute atomic E-state index is 13.6. The highest BCUT2D eigenvalue weighted by atomic mass is 32.2. The molecule has 1 aromatic rings. The molecule has 0 radical (unpaired) electrons. The van der Waals surface area contributed by atoms with Gasteiger partial charge in [0, 0.05) is 17.4 Å². The van der Waals surface area contributed by atoms with Crippen LogP contribution < -0.4 is 5.32 Å². The van der Waals surface area contributed by atoms with Crippen LogP contribution in [0.4, 0.5) is 13.2 Å². The van der Waals surface area contributed by atoms with E-state index in [9.17, 15) is 13.2 Å². The van der Waals surface area contributed by atoms with Crippen molar-refractivity contribution in [2.45, 2.75) is 25.1 Å². The van der Waals surface area contributed by atoms with E-state index in [-0.39, 0.29) is 11.6 Å². The molecular formula is C12H16F3NS. The van der Waals surface area contributed by atoms with Crippen LogP contribution in [0.15, 0.2) is 12.1 Å². The molecule has 0 saturated heterocycles. The summed E-state index contributed by atoms with van der Waals surface area (Å²) in [4.78, 5) is 0. The molecule has 0 aliphatic rings. The van der Waals surface area contributed by atoms with Crippen LogP contribution in [0.25, 0.3) is 0 Å². The van der Waals surface area contributed by atoms with Crippen molar-refractivity contribution in [3.63, 3.8) is 0 Å². The summed E-state index contributed by atoms with van der Waals surface area (Å²) in [6.45, 7) is 4.05. The van der Waals surface area contributed by atoms with Gasteiger partial charge in [0.25, 0.3) is 0 Å². The average molecular weight is 263 g/mol. The normalized spacial score (nSPS) is 13.1. The monoisotopic (exact) mass is 263 g/mol. The molecule has 1 N–H and O–H groups in total. The van der Waals surface area contributed by atoms with Crippen LogP contribution in [0, 0.1) is 17.5 Å². The van der Waals surface area contributed by atoms with Crippen LogP contribution in [-0.2, 0) is 0 Å². The Hall–Kier alpha value is -0.680. The molecule has 1 unspecified atom stereocenters. The molecule has 0 fully saturated rings. The van der Waals surface area contributed by atoms with Crippen LogP contribution in [0.2, 0.25) is 0 Å². The number of halogens is 3. The number of rotatable bonds is 5. The first-order chi connectivity index (χ1) is 7.97. The fraction of sp³-hybridized carbons (Fsp3) is 0.500. The van der Waals surface area contributed by atoms with Crippen LogP contribution in [0.5, 0.6) is 0 Å². The number of benzene rings is 1. The van der Waals surface area contributed by atoms with E-state index in [1.54, 1.807) is 18.8 Å². The number of nitrogens with one attached hydrogen (secondary N) is 1. The van der Waals surface area contributed by atoms with Crippen molar-refractivity contribution in [1.29, 1.82) is 0 Å². The van der Waals surface area contributed by atoms with E-state index >= 15 is 0 Å². The number of thioether (sulfide) groups is 1. The predicted octanol–water partition coefficient (Wildman–Crippen LogP) is 3.51. The third kappa shape index (κ3) is 3.64.